The Bertz CT molecular complexity index is 1150. The second kappa shape index (κ2) is 12.6. The number of ether oxygens (including phenoxy) is 1. The number of carbonyl (C=O) groups excluding carboxylic acids is 2. The molecule has 1 atom stereocenters. The fraction of sp³-hybridized carbons (Fsp3) is 0.419. The van der Waals surface area contributed by atoms with Crippen molar-refractivity contribution in [3.8, 4) is 5.75 Å². The van der Waals surface area contributed by atoms with Crippen LogP contribution in [0.25, 0.3) is 10.8 Å². The Morgan fingerprint density at radius 2 is 1.69 bits per heavy atom. The van der Waals surface area contributed by atoms with Crippen LogP contribution in [0.4, 0.5) is 0 Å². The Kier molecular flexibility index (Phi) is 8.99. The molecule has 0 bridgehead atoms. The minimum Gasteiger partial charge on any atom is -0.497 e. The second-order valence-corrected chi connectivity index (χ2v) is 9.78. The van der Waals surface area contributed by atoms with Gasteiger partial charge in [-0.15, -0.1) is 0 Å². The van der Waals surface area contributed by atoms with E-state index in [2.05, 4.69) is 29.6 Å². The Labute approximate surface area is 214 Å². The number of rotatable bonds is 10. The molecule has 1 fully saturated rings. The molecule has 3 aromatic carbocycles. The average molecular weight is 487 g/mol. The molecular weight excluding hydrogens is 448 g/mol. The van der Waals surface area contributed by atoms with Crippen molar-refractivity contribution >= 4 is 22.6 Å². The van der Waals surface area contributed by atoms with E-state index >= 15 is 0 Å². The Balaban J connectivity index is 1.53. The largest absolute Gasteiger partial charge is 0.497 e. The molecule has 5 nitrogen and oxygen atoms in total. The predicted molar refractivity (Wildman–Crippen MR) is 145 cm³/mol. The van der Waals surface area contributed by atoms with Crippen molar-refractivity contribution in [3.63, 3.8) is 0 Å². The van der Waals surface area contributed by atoms with Crippen LogP contribution < -0.4 is 10.1 Å². The van der Waals surface area contributed by atoms with Gasteiger partial charge in [0.05, 0.1) is 7.11 Å². The first kappa shape index (κ1) is 25.7. The molecule has 0 saturated heterocycles. The van der Waals surface area contributed by atoms with Gasteiger partial charge in [-0.1, -0.05) is 80.8 Å². The number of amides is 2. The van der Waals surface area contributed by atoms with E-state index in [1.165, 1.54) is 17.2 Å². The van der Waals surface area contributed by atoms with Crippen molar-refractivity contribution in [2.45, 2.75) is 76.9 Å². The Morgan fingerprint density at radius 1 is 0.972 bits per heavy atom. The highest BCUT2D eigenvalue weighted by Gasteiger charge is 2.30. The lowest BCUT2D eigenvalue weighted by molar-refractivity contribution is -0.141. The summed E-state index contributed by atoms with van der Waals surface area (Å²) in [6.45, 7) is 2.39. The highest BCUT2D eigenvalue weighted by Crippen LogP contribution is 2.23. The van der Waals surface area contributed by atoms with Gasteiger partial charge in [-0.25, -0.2) is 0 Å². The summed E-state index contributed by atoms with van der Waals surface area (Å²) in [6, 6.07) is 22.0. The van der Waals surface area contributed by atoms with Gasteiger partial charge in [0.1, 0.15) is 11.8 Å². The van der Waals surface area contributed by atoms with Crippen LogP contribution in [0.3, 0.4) is 0 Å². The van der Waals surface area contributed by atoms with Gasteiger partial charge in [0, 0.05) is 19.0 Å². The molecule has 1 N–H and O–H groups in total. The van der Waals surface area contributed by atoms with E-state index in [0.29, 0.717) is 25.8 Å². The van der Waals surface area contributed by atoms with Crippen LogP contribution in [0.15, 0.2) is 66.7 Å². The standard InChI is InChI=1S/C31H38N2O3/c1-3-29(31(35)32-26-13-5-4-6-14-26)33(22-23-16-19-27(36-2)20-17-23)30(34)21-18-25-12-9-11-24-10-7-8-15-28(24)25/h7-12,15-17,19-20,26,29H,3-6,13-14,18,21-22H2,1-2H3,(H,32,35)/t29-/m1/s1. The maximum atomic E-state index is 13.7. The molecule has 0 aliphatic heterocycles. The van der Waals surface area contributed by atoms with Gasteiger partial charge in [0.25, 0.3) is 0 Å². The fourth-order valence-corrected chi connectivity index (χ4v) is 5.29. The Morgan fingerprint density at radius 3 is 2.42 bits per heavy atom. The number of hydrogen-bond acceptors (Lipinski definition) is 3. The number of benzene rings is 3. The van der Waals surface area contributed by atoms with Crippen molar-refractivity contribution in [2.75, 3.05) is 7.11 Å². The van der Waals surface area contributed by atoms with E-state index in [1.54, 1.807) is 12.0 Å². The van der Waals surface area contributed by atoms with Gasteiger partial charge in [-0.05, 0) is 59.7 Å². The third-order valence-corrected chi connectivity index (χ3v) is 7.34. The summed E-state index contributed by atoms with van der Waals surface area (Å²) in [6.07, 6.45) is 7.17. The molecular formula is C31H38N2O3. The minimum atomic E-state index is -0.492. The molecule has 5 heteroatoms. The van der Waals surface area contributed by atoms with Gasteiger partial charge in [0.2, 0.25) is 11.8 Å². The summed E-state index contributed by atoms with van der Waals surface area (Å²) < 4.78 is 5.29. The molecule has 0 heterocycles. The van der Waals surface area contributed by atoms with E-state index in [9.17, 15) is 9.59 Å². The predicted octanol–water partition coefficient (Wildman–Crippen LogP) is 6.04. The monoisotopic (exact) mass is 486 g/mol. The third kappa shape index (κ3) is 6.45. The summed E-state index contributed by atoms with van der Waals surface area (Å²) in [5.74, 6) is 0.746. The van der Waals surface area contributed by atoms with Crippen molar-refractivity contribution in [1.82, 2.24) is 10.2 Å². The molecule has 190 valence electrons. The normalized spacial score (nSPS) is 14.8. The summed E-state index contributed by atoms with van der Waals surface area (Å²) in [5.41, 5.74) is 2.14. The van der Waals surface area contributed by atoms with Crippen molar-refractivity contribution in [3.05, 3.63) is 77.9 Å². The van der Waals surface area contributed by atoms with E-state index in [-0.39, 0.29) is 17.9 Å². The second-order valence-electron chi connectivity index (χ2n) is 9.78. The first-order valence-electron chi connectivity index (χ1n) is 13.3. The number of hydrogen-bond donors (Lipinski definition) is 1. The highest BCUT2D eigenvalue weighted by molar-refractivity contribution is 5.89. The van der Waals surface area contributed by atoms with Gasteiger partial charge >= 0.3 is 0 Å². The zero-order valence-electron chi connectivity index (χ0n) is 21.5. The molecule has 36 heavy (non-hydrogen) atoms. The van der Waals surface area contributed by atoms with Crippen LogP contribution in [-0.4, -0.2) is 35.9 Å². The van der Waals surface area contributed by atoms with Gasteiger partial charge < -0.3 is 15.0 Å². The summed E-state index contributed by atoms with van der Waals surface area (Å²) in [7, 11) is 1.64. The first-order chi connectivity index (χ1) is 17.6. The van der Waals surface area contributed by atoms with Crippen LogP contribution in [0, 0.1) is 0 Å². The van der Waals surface area contributed by atoms with Gasteiger partial charge in [0.15, 0.2) is 0 Å². The first-order valence-corrected chi connectivity index (χ1v) is 13.3. The molecule has 1 saturated carbocycles. The lowest BCUT2D eigenvalue weighted by Crippen LogP contribution is -2.51. The summed E-state index contributed by atoms with van der Waals surface area (Å²) in [5, 5.41) is 5.61. The van der Waals surface area contributed by atoms with Crippen LogP contribution in [0.5, 0.6) is 5.75 Å². The SMILES string of the molecule is CC[C@H](C(=O)NC1CCCCC1)N(Cc1ccc(OC)cc1)C(=O)CCc1cccc2ccccc12. The van der Waals surface area contributed by atoms with Crippen LogP contribution in [0.2, 0.25) is 0 Å². The maximum Gasteiger partial charge on any atom is 0.243 e. The molecule has 3 aromatic rings. The number of carbonyl (C=O) groups is 2. The van der Waals surface area contributed by atoms with E-state index in [0.717, 1.165) is 42.6 Å². The molecule has 1 aliphatic rings. The number of nitrogens with one attached hydrogen (secondary N) is 1. The van der Waals surface area contributed by atoms with Crippen LogP contribution in [0.1, 0.15) is 63.0 Å². The lowest BCUT2D eigenvalue weighted by Gasteiger charge is -2.33. The quantitative estimate of drug-likeness (QED) is 0.380. The minimum absolute atomic E-state index is 0.00407. The van der Waals surface area contributed by atoms with Crippen LogP contribution >= 0.6 is 0 Å². The lowest BCUT2D eigenvalue weighted by atomic mass is 9.95. The summed E-state index contributed by atoms with van der Waals surface area (Å²) >= 11 is 0. The molecule has 2 amide bonds. The highest BCUT2D eigenvalue weighted by atomic mass is 16.5. The van der Waals surface area contributed by atoms with E-state index in [1.807, 2.05) is 49.4 Å². The smallest absolute Gasteiger partial charge is 0.243 e. The number of nitrogens with zero attached hydrogens (tertiary/aromatic N) is 1. The van der Waals surface area contributed by atoms with Gasteiger partial charge in [-0.2, -0.15) is 0 Å². The molecule has 1 aliphatic carbocycles. The number of aryl methyl sites for hydroxylation is 1. The van der Waals surface area contributed by atoms with Crippen molar-refractivity contribution < 1.29 is 14.3 Å². The molecule has 0 radical (unpaired) electrons. The molecule has 4 rings (SSSR count). The number of methoxy groups -OCH3 is 1. The number of fused-ring (bicyclic) bond motifs is 1. The maximum absolute atomic E-state index is 13.7. The summed E-state index contributed by atoms with van der Waals surface area (Å²) in [4.78, 5) is 28.9. The topological polar surface area (TPSA) is 58.6 Å². The third-order valence-electron chi connectivity index (χ3n) is 7.34. The molecule has 0 unspecified atom stereocenters. The van der Waals surface area contributed by atoms with Crippen LogP contribution in [-0.2, 0) is 22.6 Å². The van der Waals surface area contributed by atoms with Crippen molar-refractivity contribution in [1.29, 1.82) is 0 Å². The molecule has 0 aromatic heterocycles. The van der Waals surface area contributed by atoms with E-state index in [4.69, 9.17) is 4.74 Å². The zero-order chi connectivity index (χ0) is 25.3. The zero-order valence-corrected chi connectivity index (χ0v) is 21.5. The fourth-order valence-electron chi connectivity index (χ4n) is 5.29. The average Bonchev–Trinajstić information content (AvgIpc) is 2.92. The van der Waals surface area contributed by atoms with Crippen molar-refractivity contribution in [2.24, 2.45) is 0 Å². The molecule has 0 spiro atoms. The van der Waals surface area contributed by atoms with E-state index < -0.39 is 6.04 Å². The Hall–Kier alpha value is -3.34. The van der Waals surface area contributed by atoms with Gasteiger partial charge in [-0.3, -0.25) is 9.59 Å².